The van der Waals surface area contributed by atoms with Crippen molar-refractivity contribution >= 4 is 0 Å². The van der Waals surface area contributed by atoms with Gasteiger partial charge in [-0.2, -0.15) is 0 Å². The van der Waals surface area contributed by atoms with E-state index < -0.39 is 11.9 Å². The van der Waals surface area contributed by atoms with E-state index in [0.29, 0.717) is 12.2 Å². The summed E-state index contributed by atoms with van der Waals surface area (Å²) in [5.41, 5.74) is 7.58. The molecule has 0 radical (unpaired) electrons. The third-order valence-electron chi connectivity index (χ3n) is 2.64. The van der Waals surface area contributed by atoms with Gasteiger partial charge in [-0.25, -0.2) is 4.39 Å². The molecule has 0 amide bonds. The molecule has 0 aliphatic rings. The van der Waals surface area contributed by atoms with Crippen molar-refractivity contribution in [3.63, 3.8) is 0 Å². The van der Waals surface area contributed by atoms with Crippen LogP contribution in [-0.4, -0.2) is 11.6 Å². The summed E-state index contributed by atoms with van der Waals surface area (Å²) in [5, 5.41) is 0. The Hall–Kier alpha value is -1.94. The summed E-state index contributed by atoms with van der Waals surface area (Å²) in [6, 6.07) is 8.43. The monoisotopic (exact) mass is 246 g/mol. The van der Waals surface area contributed by atoms with Crippen LogP contribution in [0.25, 0.3) is 0 Å². The lowest BCUT2D eigenvalue weighted by atomic mass is 10.0. The van der Waals surface area contributed by atoms with Crippen LogP contribution in [0.5, 0.6) is 5.75 Å². The van der Waals surface area contributed by atoms with Gasteiger partial charge in [0.1, 0.15) is 11.6 Å². The number of nitrogens with zero attached hydrogens (tertiary/aromatic N) is 1. The van der Waals surface area contributed by atoms with Crippen LogP contribution < -0.4 is 10.5 Å². The molecule has 2 N–H and O–H groups in total. The van der Waals surface area contributed by atoms with Crippen LogP contribution in [0.2, 0.25) is 0 Å². The molecular formula is C14H15FN2O. The lowest BCUT2D eigenvalue weighted by Gasteiger charge is -2.16. The van der Waals surface area contributed by atoms with Crippen molar-refractivity contribution in [2.75, 3.05) is 6.61 Å². The molecule has 1 heterocycles. The normalized spacial score (nSPS) is 12.2. The Morgan fingerprint density at radius 3 is 2.83 bits per heavy atom. The zero-order chi connectivity index (χ0) is 13.0. The summed E-state index contributed by atoms with van der Waals surface area (Å²) in [6.45, 7) is 2.47. The van der Waals surface area contributed by atoms with E-state index in [0.717, 1.165) is 17.5 Å². The van der Waals surface area contributed by atoms with Gasteiger partial charge in [-0.05, 0) is 24.6 Å². The molecule has 18 heavy (non-hydrogen) atoms. The van der Waals surface area contributed by atoms with Crippen LogP contribution >= 0.6 is 0 Å². The van der Waals surface area contributed by atoms with E-state index in [2.05, 4.69) is 4.98 Å². The number of pyridine rings is 1. The third kappa shape index (κ3) is 2.65. The van der Waals surface area contributed by atoms with E-state index in [1.807, 2.05) is 31.2 Å². The predicted molar refractivity (Wildman–Crippen MR) is 67.8 cm³/mol. The average molecular weight is 246 g/mol. The van der Waals surface area contributed by atoms with E-state index >= 15 is 0 Å². The van der Waals surface area contributed by atoms with Gasteiger partial charge in [0.05, 0.1) is 18.8 Å². The Morgan fingerprint density at radius 2 is 2.11 bits per heavy atom. The van der Waals surface area contributed by atoms with Gasteiger partial charge >= 0.3 is 0 Å². The largest absolute Gasteiger partial charge is 0.494 e. The predicted octanol–water partition coefficient (Wildman–Crippen LogP) is 2.67. The molecule has 2 rings (SSSR count). The molecule has 1 aromatic carbocycles. The standard InChI is InChI=1S/C14H15FN2O/c1-2-18-13-6-4-3-5-12(13)14(16)10-7-11(15)9-17-8-10/h3-9,14H,2,16H2,1H3. The topological polar surface area (TPSA) is 48.1 Å². The first-order chi connectivity index (χ1) is 8.72. The Morgan fingerprint density at radius 1 is 1.33 bits per heavy atom. The fraction of sp³-hybridized carbons (Fsp3) is 0.214. The molecule has 0 bridgehead atoms. The van der Waals surface area contributed by atoms with Gasteiger partial charge in [-0.1, -0.05) is 18.2 Å². The van der Waals surface area contributed by atoms with Gasteiger partial charge in [0.2, 0.25) is 0 Å². The number of aromatic nitrogens is 1. The van der Waals surface area contributed by atoms with Gasteiger partial charge in [0.25, 0.3) is 0 Å². The highest BCUT2D eigenvalue weighted by molar-refractivity contribution is 5.40. The van der Waals surface area contributed by atoms with Crippen LogP contribution in [0.4, 0.5) is 4.39 Å². The van der Waals surface area contributed by atoms with Crippen LogP contribution in [0.3, 0.4) is 0 Å². The van der Waals surface area contributed by atoms with E-state index in [1.165, 1.54) is 6.07 Å². The smallest absolute Gasteiger partial charge is 0.141 e. The second-order valence-corrected chi connectivity index (χ2v) is 3.89. The first-order valence-corrected chi connectivity index (χ1v) is 5.80. The molecule has 1 unspecified atom stereocenters. The number of hydrogen-bond acceptors (Lipinski definition) is 3. The van der Waals surface area contributed by atoms with E-state index in [4.69, 9.17) is 10.5 Å². The van der Waals surface area contributed by atoms with Crippen molar-refractivity contribution in [1.29, 1.82) is 0 Å². The van der Waals surface area contributed by atoms with Gasteiger partial charge in [-0.3, -0.25) is 4.98 Å². The number of rotatable bonds is 4. The highest BCUT2D eigenvalue weighted by Gasteiger charge is 2.14. The van der Waals surface area contributed by atoms with Crippen LogP contribution in [0, 0.1) is 5.82 Å². The van der Waals surface area contributed by atoms with Crippen molar-refractivity contribution in [3.05, 3.63) is 59.7 Å². The Labute approximate surface area is 105 Å². The third-order valence-corrected chi connectivity index (χ3v) is 2.64. The second-order valence-electron chi connectivity index (χ2n) is 3.89. The molecule has 3 nitrogen and oxygen atoms in total. The highest BCUT2D eigenvalue weighted by Crippen LogP contribution is 2.28. The molecule has 1 atom stereocenters. The van der Waals surface area contributed by atoms with E-state index in [1.54, 1.807) is 6.20 Å². The van der Waals surface area contributed by atoms with Gasteiger partial charge in [-0.15, -0.1) is 0 Å². The lowest BCUT2D eigenvalue weighted by molar-refractivity contribution is 0.335. The minimum atomic E-state index is -0.448. The number of benzene rings is 1. The fourth-order valence-electron chi connectivity index (χ4n) is 1.80. The molecular weight excluding hydrogens is 231 g/mol. The summed E-state index contributed by atoms with van der Waals surface area (Å²) in [6.07, 6.45) is 2.72. The maximum absolute atomic E-state index is 13.1. The SMILES string of the molecule is CCOc1ccccc1C(N)c1cncc(F)c1. The molecule has 0 spiro atoms. The molecule has 0 saturated heterocycles. The molecule has 0 fully saturated rings. The van der Waals surface area contributed by atoms with Crippen molar-refractivity contribution in [2.45, 2.75) is 13.0 Å². The molecule has 94 valence electrons. The van der Waals surface area contributed by atoms with Crippen LogP contribution in [0.1, 0.15) is 24.1 Å². The Kier molecular flexibility index (Phi) is 3.89. The van der Waals surface area contributed by atoms with Crippen LogP contribution in [0.15, 0.2) is 42.7 Å². The molecule has 0 aliphatic carbocycles. The van der Waals surface area contributed by atoms with Gasteiger partial charge < -0.3 is 10.5 Å². The van der Waals surface area contributed by atoms with Gasteiger partial charge in [0, 0.05) is 11.8 Å². The van der Waals surface area contributed by atoms with Crippen molar-refractivity contribution in [3.8, 4) is 5.75 Å². The number of halogens is 1. The van der Waals surface area contributed by atoms with Crippen molar-refractivity contribution in [1.82, 2.24) is 4.98 Å². The lowest BCUT2D eigenvalue weighted by Crippen LogP contribution is -2.14. The minimum Gasteiger partial charge on any atom is -0.494 e. The summed E-state index contributed by atoms with van der Waals surface area (Å²) in [5.74, 6) is 0.327. The summed E-state index contributed by atoms with van der Waals surface area (Å²) >= 11 is 0. The summed E-state index contributed by atoms with van der Waals surface area (Å²) < 4.78 is 18.7. The van der Waals surface area contributed by atoms with Crippen molar-refractivity contribution < 1.29 is 9.13 Å². The number of nitrogens with two attached hydrogens (primary N) is 1. The highest BCUT2D eigenvalue weighted by atomic mass is 19.1. The number of hydrogen-bond donors (Lipinski definition) is 1. The summed E-state index contributed by atoms with van der Waals surface area (Å²) in [7, 11) is 0. The Balaban J connectivity index is 2.36. The molecule has 2 aromatic rings. The Bertz CT molecular complexity index is 531. The second kappa shape index (κ2) is 5.60. The van der Waals surface area contributed by atoms with Crippen LogP contribution in [-0.2, 0) is 0 Å². The van der Waals surface area contributed by atoms with Gasteiger partial charge in [0.15, 0.2) is 0 Å². The maximum atomic E-state index is 13.1. The zero-order valence-electron chi connectivity index (χ0n) is 10.1. The fourth-order valence-corrected chi connectivity index (χ4v) is 1.80. The minimum absolute atomic E-state index is 0.392. The zero-order valence-corrected chi connectivity index (χ0v) is 10.1. The molecule has 4 heteroatoms. The van der Waals surface area contributed by atoms with Crippen molar-refractivity contribution in [2.24, 2.45) is 5.73 Å². The molecule has 1 aromatic heterocycles. The van der Waals surface area contributed by atoms with E-state index in [9.17, 15) is 4.39 Å². The molecule has 0 saturated carbocycles. The van der Waals surface area contributed by atoms with E-state index in [-0.39, 0.29) is 0 Å². The first kappa shape index (κ1) is 12.5. The quantitative estimate of drug-likeness (QED) is 0.902. The maximum Gasteiger partial charge on any atom is 0.141 e. The summed E-state index contributed by atoms with van der Waals surface area (Å²) in [4.78, 5) is 3.81. The number of ether oxygens (including phenoxy) is 1. The average Bonchev–Trinajstić information content (AvgIpc) is 2.39. The first-order valence-electron chi connectivity index (χ1n) is 5.80. The number of para-hydroxylation sites is 1. The molecule has 0 aliphatic heterocycles.